The predicted molar refractivity (Wildman–Crippen MR) is 188 cm³/mol. The van der Waals surface area contributed by atoms with Crippen LogP contribution in [-0.2, 0) is 32.6 Å². The summed E-state index contributed by atoms with van der Waals surface area (Å²) in [6, 6.07) is 26.8. The molecule has 1 unspecified atom stereocenters. The van der Waals surface area contributed by atoms with E-state index in [4.69, 9.17) is 4.74 Å². The summed E-state index contributed by atoms with van der Waals surface area (Å²) in [5.74, 6) is -0.907. The van der Waals surface area contributed by atoms with Crippen LogP contribution in [0.3, 0.4) is 0 Å². The van der Waals surface area contributed by atoms with Gasteiger partial charge in [-0.05, 0) is 91.6 Å². The van der Waals surface area contributed by atoms with E-state index in [-0.39, 0.29) is 35.5 Å². The second-order valence-electron chi connectivity index (χ2n) is 11.7. The van der Waals surface area contributed by atoms with Gasteiger partial charge >= 0.3 is 0 Å². The molecular weight excluding hydrogens is 697 g/mol. The van der Waals surface area contributed by atoms with Crippen LogP contribution in [0.25, 0.3) is 0 Å². The Balaban J connectivity index is 1.56. The second-order valence-corrected chi connectivity index (χ2v) is 14.5. The minimum absolute atomic E-state index is 0.0135. The molecule has 4 aromatic rings. The number of hydrogen-bond donors (Lipinski definition) is 1. The van der Waals surface area contributed by atoms with E-state index in [0.717, 1.165) is 57.7 Å². The van der Waals surface area contributed by atoms with E-state index in [1.165, 1.54) is 17.0 Å². The average Bonchev–Trinajstić information content (AvgIpc) is 3.60. The quantitative estimate of drug-likeness (QED) is 0.152. The van der Waals surface area contributed by atoms with Gasteiger partial charge in [0.15, 0.2) is 0 Å². The molecule has 0 aromatic heterocycles. The zero-order chi connectivity index (χ0) is 34.1. The maximum absolute atomic E-state index is 14.6. The lowest BCUT2D eigenvalue weighted by Crippen LogP contribution is -2.54. The normalized spacial score (nSPS) is 13.9. The summed E-state index contributed by atoms with van der Waals surface area (Å²) in [5.41, 5.74) is 1.85. The number of benzene rings is 4. The standard InChI is InChI=1S/C37H39BrFN3O5S/c1-2-47-33-20-18-32(19-21-33)42(48(45,46)34-22-16-30(39)17-23-34)26-36(43)41(25-28-12-14-29(38)15-13-28)35(24-27-8-4-3-5-9-27)37(44)40-31-10-6-7-11-31/h3-5,8-9,12-23,31,35H,2,6-7,10-11,24-26H2,1H3,(H,40,44). The summed E-state index contributed by atoms with van der Waals surface area (Å²) in [7, 11) is -4.35. The van der Waals surface area contributed by atoms with E-state index in [2.05, 4.69) is 21.2 Å². The Kier molecular flexibility index (Phi) is 11.9. The van der Waals surface area contributed by atoms with Gasteiger partial charge in [0.2, 0.25) is 11.8 Å². The number of rotatable bonds is 14. The molecule has 5 rings (SSSR count). The number of ether oxygens (including phenoxy) is 1. The van der Waals surface area contributed by atoms with Gasteiger partial charge in [-0.3, -0.25) is 13.9 Å². The fourth-order valence-electron chi connectivity index (χ4n) is 5.85. The number of carbonyl (C=O) groups excluding carboxylic acids is 2. The Morgan fingerprint density at radius 2 is 1.54 bits per heavy atom. The van der Waals surface area contributed by atoms with Crippen LogP contribution >= 0.6 is 15.9 Å². The number of sulfonamides is 1. The molecule has 1 fully saturated rings. The largest absolute Gasteiger partial charge is 0.494 e. The first-order valence-electron chi connectivity index (χ1n) is 16.0. The van der Waals surface area contributed by atoms with Gasteiger partial charge in [0.1, 0.15) is 24.2 Å². The number of nitrogens with zero attached hydrogens (tertiary/aromatic N) is 2. The Hall–Kier alpha value is -4.22. The maximum atomic E-state index is 14.6. The summed E-state index contributed by atoms with van der Waals surface area (Å²) in [5, 5.41) is 3.17. The van der Waals surface area contributed by atoms with Gasteiger partial charge in [0.05, 0.1) is 17.2 Å². The number of hydrogen-bond acceptors (Lipinski definition) is 5. The average molecular weight is 737 g/mol. The molecule has 0 bridgehead atoms. The first-order chi connectivity index (χ1) is 23.1. The van der Waals surface area contributed by atoms with Gasteiger partial charge in [0, 0.05) is 23.5 Å². The minimum Gasteiger partial charge on any atom is -0.494 e. The van der Waals surface area contributed by atoms with Gasteiger partial charge in [-0.2, -0.15) is 0 Å². The molecule has 252 valence electrons. The van der Waals surface area contributed by atoms with Crippen molar-refractivity contribution in [2.75, 3.05) is 17.5 Å². The molecular formula is C37H39BrFN3O5S. The molecule has 11 heteroatoms. The van der Waals surface area contributed by atoms with E-state index in [1.807, 2.05) is 61.5 Å². The van der Waals surface area contributed by atoms with Crippen molar-refractivity contribution in [2.45, 2.75) is 62.6 Å². The third-order valence-electron chi connectivity index (χ3n) is 8.36. The molecule has 1 atom stereocenters. The van der Waals surface area contributed by atoms with Gasteiger partial charge in [0.25, 0.3) is 10.0 Å². The highest BCUT2D eigenvalue weighted by Gasteiger charge is 2.35. The Morgan fingerprint density at radius 3 is 2.17 bits per heavy atom. The third kappa shape index (κ3) is 9.02. The monoisotopic (exact) mass is 735 g/mol. The van der Waals surface area contributed by atoms with Gasteiger partial charge in [-0.1, -0.05) is 71.2 Å². The van der Waals surface area contributed by atoms with Crippen LogP contribution in [0.4, 0.5) is 10.1 Å². The van der Waals surface area contributed by atoms with Crippen molar-refractivity contribution >= 4 is 43.5 Å². The topological polar surface area (TPSA) is 96.0 Å². The highest BCUT2D eigenvalue weighted by molar-refractivity contribution is 9.10. The van der Waals surface area contributed by atoms with E-state index >= 15 is 0 Å². The lowest BCUT2D eigenvalue weighted by Gasteiger charge is -2.34. The fourth-order valence-corrected chi connectivity index (χ4v) is 7.52. The Morgan fingerprint density at radius 1 is 0.896 bits per heavy atom. The predicted octanol–water partition coefficient (Wildman–Crippen LogP) is 6.88. The first-order valence-corrected chi connectivity index (χ1v) is 18.3. The summed E-state index contributed by atoms with van der Waals surface area (Å²) < 4.78 is 49.5. The number of anilines is 1. The van der Waals surface area contributed by atoms with Crippen molar-refractivity contribution in [3.8, 4) is 5.75 Å². The van der Waals surface area contributed by atoms with E-state index in [0.29, 0.717) is 12.4 Å². The lowest BCUT2D eigenvalue weighted by atomic mass is 10.0. The van der Waals surface area contributed by atoms with Crippen LogP contribution in [0.2, 0.25) is 0 Å². The second kappa shape index (κ2) is 16.3. The number of halogens is 2. The van der Waals surface area contributed by atoms with Crippen LogP contribution in [0.15, 0.2) is 112 Å². The molecule has 48 heavy (non-hydrogen) atoms. The van der Waals surface area contributed by atoms with Crippen LogP contribution in [0.1, 0.15) is 43.7 Å². The van der Waals surface area contributed by atoms with Crippen molar-refractivity contribution in [2.24, 2.45) is 0 Å². The molecule has 0 aliphatic heterocycles. The van der Waals surface area contributed by atoms with Gasteiger partial charge in [-0.15, -0.1) is 0 Å². The van der Waals surface area contributed by atoms with Crippen LogP contribution in [-0.4, -0.2) is 50.4 Å². The van der Waals surface area contributed by atoms with Crippen molar-refractivity contribution in [3.63, 3.8) is 0 Å². The molecule has 1 saturated carbocycles. The van der Waals surface area contributed by atoms with Gasteiger partial charge < -0.3 is 15.0 Å². The Bertz CT molecular complexity index is 1770. The molecule has 0 saturated heterocycles. The summed E-state index contributed by atoms with van der Waals surface area (Å²) in [6.07, 6.45) is 4.01. The van der Waals surface area contributed by atoms with E-state index in [1.54, 1.807) is 24.3 Å². The van der Waals surface area contributed by atoms with Crippen LogP contribution in [0.5, 0.6) is 5.75 Å². The molecule has 0 spiro atoms. The van der Waals surface area contributed by atoms with Crippen molar-refractivity contribution in [3.05, 3.63) is 125 Å². The van der Waals surface area contributed by atoms with Crippen molar-refractivity contribution in [1.29, 1.82) is 0 Å². The SMILES string of the molecule is CCOc1ccc(N(CC(=O)N(Cc2ccc(Br)cc2)C(Cc2ccccc2)C(=O)NC2CCCC2)S(=O)(=O)c2ccc(F)cc2)cc1. The number of carbonyl (C=O) groups is 2. The zero-order valence-corrected chi connectivity index (χ0v) is 29.1. The molecule has 1 N–H and O–H groups in total. The van der Waals surface area contributed by atoms with E-state index < -0.39 is 34.3 Å². The smallest absolute Gasteiger partial charge is 0.264 e. The zero-order valence-electron chi connectivity index (χ0n) is 26.7. The third-order valence-corrected chi connectivity index (χ3v) is 10.7. The number of amides is 2. The van der Waals surface area contributed by atoms with E-state index in [9.17, 15) is 22.4 Å². The van der Waals surface area contributed by atoms with Gasteiger partial charge in [-0.25, -0.2) is 12.8 Å². The molecule has 1 aliphatic rings. The van der Waals surface area contributed by atoms with Crippen molar-refractivity contribution in [1.82, 2.24) is 10.2 Å². The van der Waals surface area contributed by atoms with Crippen LogP contribution in [0, 0.1) is 5.82 Å². The molecule has 8 nitrogen and oxygen atoms in total. The molecule has 1 aliphatic carbocycles. The first kappa shape index (κ1) is 35.1. The molecule has 0 radical (unpaired) electrons. The van der Waals surface area contributed by atoms with Crippen molar-refractivity contribution < 1.29 is 27.1 Å². The summed E-state index contributed by atoms with van der Waals surface area (Å²) in [6.45, 7) is 1.72. The fraction of sp³-hybridized carbons (Fsp3) is 0.297. The molecule has 0 heterocycles. The highest BCUT2D eigenvalue weighted by atomic mass is 79.9. The molecule has 4 aromatic carbocycles. The lowest BCUT2D eigenvalue weighted by molar-refractivity contribution is -0.140. The summed E-state index contributed by atoms with van der Waals surface area (Å²) >= 11 is 3.46. The minimum atomic E-state index is -4.35. The van der Waals surface area contributed by atoms with Crippen LogP contribution < -0.4 is 14.4 Å². The highest BCUT2D eigenvalue weighted by Crippen LogP contribution is 2.28. The maximum Gasteiger partial charge on any atom is 0.264 e. The number of nitrogens with one attached hydrogen (secondary N) is 1. The summed E-state index contributed by atoms with van der Waals surface area (Å²) in [4.78, 5) is 30.0. The molecule has 2 amide bonds. The Labute approximate surface area is 290 Å².